The van der Waals surface area contributed by atoms with E-state index in [0.717, 1.165) is 25.3 Å². The van der Waals surface area contributed by atoms with Gasteiger partial charge < -0.3 is 15.3 Å². The van der Waals surface area contributed by atoms with Gasteiger partial charge in [-0.2, -0.15) is 0 Å². The van der Waals surface area contributed by atoms with E-state index in [-0.39, 0.29) is 17.4 Å². The first-order valence-electron chi connectivity index (χ1n) is 10.6. The summed E-state index contributed by atoms with van der Waals surface area (Å²) in [6.45, 7) is 3.91. The molecule has 32 heavy (non-hydrogen) atoms. The van der Waals surface area contributed by atoms with Crippen LogP contribution in [0.3, 0.4) is 0 Å². The number of benzene rings is 1. The van der Waals surface area contributed by atoms with Crippen molar-refractivity contribution in [3.8, 4) is 0 Å². The number of aromatic nitrogens is 2. The maximum Gasteiger partial charge on any atom is 0.304 e. The monoisotopic (exact) mass is 460 g/mol. The fraction of sp³-hybridized carbons (Fsp3) is 0.455. The summed E-state index contributed by atoms with van der Waals surface area (Å²) < 4.78 is 24.0. The Morgan fingerprint density at radius 2 is 1.91 bits per heavy atom. The Bertz CT molecular complexity index is 1050. The minimum Gasteiger partial charge on any atom is -0.481 e. The number of carbonyl (C=O) groups excluding carboxylic acids is 1. The molecule has 2 N–H and O–H groups in total. The highest BCUT2D eigenvalue weighted by Crippen LogP contribution is 2.31. The number of carbonyl (C=O) groups is 2. The van der Waals surface area contributed by atoms with Gasteiger partial charge in [-0.15, -0.1) is 0 Å². The SMILES string of the molecule is CCCN(CC1CC1)c1cc(C(=O)Nc2ccc(CS(=O)(=O)CCC(=O)O)cc2)ncn1. The van der Waals surface area contributed by atoms with Crippen molar-refractivity contribution < 1.29 is 23.1 Å². The van der Waals surface area contributed by atoms with Crippen LogP contribution in [-0.4, -0.2) is 54.2 Å². The van der Waals surface area contributed by atoms with Gasteiger partial charge in [-0.1, -0.05) is 19.1 Å². The summed E-state index contributed by atoms with van der Waals surface area (Å²) in [5.74, 6) is -0.755. The molecule has 0 unspecified atom stereocenters. The molecule has 172 valence electrons. The molecule has 0 spiro atoms. The van der Waals surface area contributed by atoms with Crippen LogP contribution in [0.15, 0.2) is 36.7 Å². The quantitative estimate of drug-likeness (QED) is 0.495. The summed E-state index contributed by atoms with van der Waals surface area (Å²) >= 11 is 0. The van der Waals surface area contributed by atoms with E-state index < -0.39 is 28.0 Å². The van der Waals surface area contributed by atoms with Gasteiger partial charge in [0.1, 0.15) is 17.8 Å². The Balaban J connectivity index is 1.62. The van der Waals surface area contributed by atoms with E-state index >= 15 is 0 Å². The molecule has 1 aliphatic carbocycles. The molecule has 10 heteroatoms. The van der Waals surface area contributed by atoms with Gasteiger partial charge in [0, 0.05) is 24.8 Å². The minimum absolute atomic E-state index is 0.252. The first-order valence-corrected chi connectivity index (χ1v) is 12.5. The Morgan fingerprint density at radius 3 is 2.53 bits per heavy atom. The summed E-state index contributed by atoms with van der Waals surface area (Å²) in [5.41, 5.74) is 1.28. The summed E-state index contributed by atoms with van der Waals surface area (Å²) in [5, 5.41) is 11.4. The predicted octanol–water partition coefficient (Wildman–Crippen LogP) is 2.74. The predicted molar refractivity (Wildman–Crippen MR) is 121 cm³/mol. The second-order valence-corrected chi connectivity index (χ2v) is 10.2. The third kappa shape index (κ3) is 7.30. The van der Waals surface area contributed by atoms with E-state index in [4.69, 9.17) is 5.11 Å². The van der Waals surface area contributed by atoms with Crippen LogP contribution >= 0.6 is 0 Å². The summed E-state index contributed by atoms with van der Waals surface area (Å²) in [7, 11) is -3.52. The average Bonchev–Trinajstić information content (AvgIpc) is 3.57. The van der Waals surface area contributed by atoms with Crippen LogP contribution < -0.4 is 10.2 Å². The first-order chi connectivity index (χ1) is 15.3. The fourth-order valence-corrected chi connectivity index (χ4v) is 4.60. The second-order valence-electron chi connectivity index (χ2n) is 8.04. The third-order valence-electron chi connectivity index (χ3n) is 5.10. The summed E-state index contributed by atoms with van der Waals surface area (Å²) in [6.07, 6.45) is 4.42. The Kier molecular flexibility index (Phi) is 7.79. The van der Waals surface area contributed by atoms with Gasteiger partial charge in [-0.3, -0.25) is 9.59 Å². The topological polar surface area (TPSA) is 130 Å². The van der Waals surface area contributed by atoms with Crippen LogP contribution in [0, 0.1) is 5.92 Å². The van der Waals surface area contributed by atoms with Crippen molar-refractivity contribution in [1.29, 1.82) is 0 Å². The number of hydrogen-bond acceptors (Lipinski definition) is 7. The van der Waals surface area contributed by atoms with E-state index in [1.165, 1.54) is 19.2 Å². The zero-order valence-electron chi connectivity index (χ0n) is 18.0. The number of amides is 1. The van der Waals surface area contributed by atoms with E-state index in [1.54, 1.807) is 30.3 Å². The number of rotatable bonds is 12. The highest BCUT2D eigenvalue weighted by atomic mass is 32.2. The lowest BCUT2D eigenvalue weighted by Crippen LogP contribution is -2.28. The number of anilines is 2. The van der Waals surface area contributed by atoms with Crippen molar-refractivity contribution in [3.63, 3.8) is 0 Å². The van der Waals surface area contributed by atoms with Gasteiger partial charge in [0.15, 0.2) is 9.84 Å². The normalized spacial score (nSPS) is 13.5. The Hall–Kier alpha value is -3.01. The molecule has 0 saturated heterocycles. The molecule has 0 radical (unpaired) electrons. The molecule has 1 aromatic heterocycles. The van der Waals surface area contributed by atoms with Crippen molar-refractivity contribution in [1.82, 2.24) is 9.97 Å². The molecule has 1 amide bonds. The number of aliphatic carboxylic acids is 1. The number of carboxylic acid groups (broad SMARTS) is 1. The molecular formula is C22H28N4O5S. The fourth-order valence-electron chi connectivity index (χ4n) is 3.27. The molecule has 1 aromatic carbocycles. The third-order valence-corrected chi connectivity index (χ3v) is 6.70. The van der Waals surface area contributed by atoms with Crippen LogP contribution in [0.25, 0.3) is 0 Å². The lowest BCUT2D eigenvalue weighted by Gasteiger charge is -2.23. The Labute approximate surface area is 187 Å². The number of carboxylic acids is 1. The van der Waals surface area contributed by atoms with Gasteiger partial charge in [-0.05, 0) is 42.9 Å². The molecule has 3 rings (SSSR count). The number of nitrogens with one attached hydrogen (secondary N) is 1. The van der Waals surface area contributed by atoms with E-state index in [2.05, 4.69) is 27.1 Å². The van der Waals surface area contributed by atoms with Crippen LogP contribution in [0.2, 0.25) is 0 Å². The van der Waals surface area contributed by atoms with Crippen molar-refractivity contribution in [2.75, 3.05) is 29.1 Å². The summed E-state index contributed by atoms with van der Waals surface area (Å²) in [4.78, 5) is 33.9. The molecule has 0 aliphatic heterocycles. The van der Waals surface area contributed by atoms with Gasteiger partial charge in [0.05, 0.1) is 17.9 Å². The average molecular weight is 461 g/mol. The summed E-state index contributed by atoms with van der Waals surface area (Å²) in [6, 6.07) is 8.10. The van der Waals surface area contributed by atoms with Gasteiger partial charge in [0.2, 0.25) is 0 Å². The minimum atomic E-state index is -3.52. The van der Waals surface area contributed by atoms with Gasteiger partial charge >= 0.3 is 5.97 Å². The van der Waals surface area contributed by atoms with E-state index in [9.17, 15) is 18.0 Å². The lowest BCUT2D eigenvalue weighted by atomic mass is 10.2. The second kappa shape index (κ2) is 10.5. The van der Waals surface area contributed by atoms with Crippen LogP contribution in [0.4, 0.5) is 11.5 Å². The molecule has 1 fully saturated rings. The van der Waals surface area contributed by atoms with Crippen molar-refractivity contribution in [2.24, 2.45) is 5.92 Å². The van der Waals surface area contributed by atoms with Crippen LogP contribution in [0.1, 0.15) is 48.7 Å². The first kappa shape index (κ1) is 23.6. The largest absolute Gasteiger partial charge is 0.481 e. The maximum atomic E-state index is 12.7. The van der Waals surface area contributed by atoms with Crippen LogP contribution in [0.5, 0.6) is 0 Å². The molecular weight excluding hydrogens is 432 g/mol. The number of sulfone groups is 1. The van der Waals surface area contributed by atoms with Gasteiger partial charge in [-0.25, -0.2) is 18.4 Å². The number of nitrogens with zero attached hydrogens (tertiary/aromatic N) is 3. The molecule has 2 aromatic rings. The maximum absolute atomic E-state index is 12.7. The lowest BCUT2D eigenvalue weighted by molar-refractivity contribution is -0.136. The smallest absolute Gasteiger partial charge is 0.304 e. The molecule has 0 atom stereocenters. The zero-order valence-corrected chi connectivity index (χ0v) is 18.8. The van der Waals surface area contributed by atoms with E-state index in [0.29, 0.717) is 17.2 Å². The Morgan fingerprint density at radius 1 is 1.19 bits per heavy atom. The van der Waals surface area contributed by atoms with Crippen molar-refractivity contribution in [3.05, 3.63) is 47.9 Å². The molecule has 9 nitrogen and oxygen atoms in total. The van der Waals surface area contributed by atoms with Crippen LogP contribution in [-0.2, 0) is 20.4 Å². The zero-order chi connectivity index (χ0) is 23.1. The number of hydrogen-bond donors (Lipinski definition) is 2. The highest BCUT2D eigenvalue weighted by Gasteiger charge is 2.25. The molecule has 1 heterocycles. The molecule has 1 aliphatic rings. The molecule has 1 saturated carbocycles. The van der Waals surface area contributed by atoms with Crippen molar-refractivity contribution >= 4 is 33.2 Å². The van der Waals surface area contributed by atoms with Gasteiger partial charge in [0.25, 0.3) is 5.91 Å². The standard InChI is InChI=1S/C22H28N4O5S/c1-2-10-26(13-16-3-4-16)20-12-19(23-15-24-20)22(29)25-18-7-5-17(6-8-18)14-32(30,31)11-9-21(27)28/h5-8,12,15-16H,2-4,9-11,13-14H2,1H3,(H,25,29)(H,27,28). The highest BCUT2D eigenvalue weighted by molar-refractivity contribution is 7.90. The van der Waals surface area contributed by atoms with Crippen molar-refractivity contribution in [2.45, 2.75) is 38.4 Å². The van der Waals surface area contributed by atoms with E-state index in [1.807, 2.05) is 0 Å². The molecule has 0 bridgehead atoms.